The highest BCUT2D eigenvalue weighted by Gasteiger charge is 2.19. The number of amides is 1. The smallest absolute Gasteiger partial charge is 0.250 e. The molecule has 0 unspecified atom stereocenters. The molecule has 0 aliphatic carbocycles. The summed E-state index contributed by atoms with van der Waals surface area (Å²) in [4.78, 5) is 17.0. The highest BCUT2D eigenvalue weighted by atomic mass is 19.1. The van der Waals surface area contributed by atoms with Crippen molar-refractivity contribution in [2.75, 3.05) is 57.9 Å². The van der Waals surface area contributed by atoms with Crippen molar-refractivity contribution in [2.24, 2.45) is 0 Å². The number of carbonyl (C=O) groups excluding carboxylic acids is 1. The minimum absolute atomic E-state index is 0.0861. The predicted octanol–water partition coefficient (Wildman–Crippen LogP) is 3.33. The minimum atomic E-state index is -0.155. The van der Waals surface area contributed by atoms with Gasteiger partial charge in [0, 0.05) is 38.3 Å². The van der Waals surface area contributed by atoms with Crippen LogP contribution in [0.1, 0.15) is 18.4 Å². The Morgan fingerprint density at radius 1 is 1.12 bits per heavy atom. The maximum absolute atomic E-state index is 14.0. The van der Waals surface area contributed by atoms with E-state index in [-0.39, 0.29) is 18.3 Å². The molecule has 2 heterocycles. The van der Waals surface area contributed by atoms with Crippen LogP contribution in [0.5, 0.6) is 11.5 Å². The first-order chi connectivity index (χ1) is 15.6. The number of nitrogens with one attached hydrogen (secondary N) is 1. The maximum atomic E-state index is 14.0. The molecule has 4 rings (SSSR count). The topological polar surface area (TPSA) is 54.0 Å². The number of ether oxygens (including phenoxy) is 2. The van der Waals surface area contributed by atoms with Gasteiger partial charge in [0.25, 0.3) is 5.91 Å². The number of halogens is 1. The Kier molecular flexibility index (Phi) is 7.27. The first kappa shape index (κ1) is 22.1. The molecule has 1 saturated heterocycles. The van der Waals surface area contributed by atoms with E-state index in [0.717, 1.165) is 62.6 Å². The monoisotopic (exact) mass is 439 g/mol. The summed E-state index contributed by atoms with van der Waals surface area (Å²) in [5.74, 6) is 1.26. The number of nitrogens with zero attached hydrogens (tertiary/aromatic N) is 2. The molecule has 0 aromatic heterocycles. The molecule has 2 aliphatic rings. The molecule has 170 valence electrons. The fraction of sp³-hybridized carbons (Fsp3) is 0.400. The van der Waals surface area contributed by atoms with Crippen molar-refractivity contribution in [3.05, 3.63) is 59.4 Å². The average Bonchev–Trinajstić information content (AvgIpc) is 2.83. The Hall–Kier alpha value is -3.06. The quantitative estimate of drug-likeness (QED) is 0.640. The lowest BCUT2D eigenvalue weighted by Crippen LogP contribution is -2.47. The number of fused-ring (bicyclic) bond motifs is 1. The van der Waals surface area contributed by atoms with Gasteiger partial charge in [-0.3, -0.25) is 9.69 Å². The summed E-state index contributed by atoms with van der Waals surface area (Å²) in [6.45, 7) is 5.41. The van der Waals surface area contributed by atoms with E-state index in [1.807, 2.05) is 36.4 Å². The Morgan fingerprint density at radius 3 is 2.72 bits per heavy atom. The van der Waals surface area contributed by atoms with Crippen LogP contribution < -0.4 is 19.7 Å². The highest BCUT2D eigenvalue weighted by molar-refractivity contribution is 5.99. The Balaban J connectivity index is 1.15. The maximum Gasteiger partial charge on any atom is 0.250 e. The normalized spacial score (nSPS) is 16.1. The standard InChI is InChI=1S/C25H30FN3O3/c1-31-21-8-9-24-19(17-21)16-20(18-32-24)25(30)27-10-4-5-11-28-12-14-29(15-13-28)23-7-3-2-6-22(23)26/h2-3,6-9,16-17H,4-5,10-15,18H2,1H3,(H,27,30). The molecule has 0 bridgehead atoms. The molecule has 1 N–H and O–H groups in total. The van der Waals surface area contributed by atoms with E-state index >= 15 is 0 Å². The first-order valence-corrected chi connectivity index (χ1v) is 11.2. The van der Waals surface area contributed by atoms with E-state index in [1.165, 1.54) is 6.07 Å². The predicted molar refractivity (Wildman–Crippen MR) is 124 cm³/mol. The van der Waals surface area contributed by atoms with Gasteiger partial charge >= 0.3 is 0 Å². The number of para-hydroxylation sites is 1. The third kappa shape index (κ3) is 5.40. The molecule has 2 aliphatic heterocycles. The lowest BCUT2D eigenvalue weighted by molar-refractivity contribution is -0.117. The second-order valence-electron chi connectivity index (χ2n) is 8.11. The van der Waals surface area contributed by atoms with Crippen LogP contribution in [-0.4, -0.2) is 63.8 Å². The van der Waals surface area contributed by atoms with Gasteiger partial charge in [0.1, 0.15) is 23.9 Å². The fourth-order valence-corrected chi connectivity index (χ4v) is 4.11. The van der Waals surface area contributed by atoms with Gasteiger partial charge < -0.3 is 19.7 Å². The molecule has 0 saturated carbocycles. The fourth-order valence-electron chi connectivity index (χ4n) is 4.11. The van der Waals surface area contributed by atoms with Gasteiger partial charge in [-0.25, -0.2) is 4.39 Å². The number of carbonyl (C=O) groups is 1. The summed E-state index contributed by atoms with van der Waals surface area (Å²) in [6.07, 6.45) is 3.79. The zero-order chi connectivity index (χ0) is 22.3. The second kappa shape index (κ2) is 10.5. The van der Waals surface area contributed by atoms with E-state index in [0.29, 0.717) is 17.8 Å². The van der Waals surface area contributed by atoms with Crippen molar-refractivity contribution in [3.63, 3.8) is 0 Å². The van der Waals surface area contributed by atoms with E-state index < -0.39 is 0 Å². The molecule has 1 fully saturated rings. The van der Waals surface area contributed by atoms with Crippen molar-refractivity contribution in [2.45, 2.75) is 12.8 Å². The van der Waals surface area contributed by atoms with Gasteiger partial charge in [-0.1, -0.05) is 12.1 Å². The van der Waals surface area contributed by atoms with Crippen LogP contribution in [-0.2, 0) is 4.79 Å². The SMILES string of the molecule is COc1ccc2c(c1)C=C(C(=O)NCCCCN1CCN(c3ccccc3F)CC1)CO2. The molecule has 1 amide bonds. The van der Waals surface area contributed by atoms with Crippen LogP contribution in [0.25, 0.3) is 6.08 Å². The summed E-state index contributed by atoms with van der Waals surface area (Å²) >= 11 is 0. The largest absolute Gasteiger partial charge is 0.497 e. The summed E-state index contributed by atoms with van der Waals surface area (Å²) in [5, 5.41) is 3.00. The van der Waals surface area contributed by atoms with Gasteiger partial charge in [0.2, 0.25) is 0 Å². The number of anilines is 1. The van der Waals surface area contributed by atoms with E-state index in [1.54, 1.807) is 13.2 Å². The first-order valence-electron chi connectivity index (χ1n) is 11.2. The van der Waals surface area contributed by atoms with Crippen LogP contribution in [0.3, 0.4) is 0 Å². The number of piperazine rings is 1. The second-order valence-corrected chi connectivity index (χ2v) is 8.11. The molecule has 6 nitrogen and oxygen atoms in total. The van der Waals surface area contributed by atoms with Crippen molar-refractivity contribution in [3.8, 4) is 11.5 Å². The Bertz CT molecular complexity index is 971. The zero-order valence-electron chi connectivity index (χ0n) is 18.5. The molecule has 32 heavy (non-hydrogen) atoms. The molecular weight excluding hydrogens is 409 g/mol. The van der Waals surface area contributed by atoms with Crippen LogP contribution in [0.2, 0.25) is 0 Å². The van der Waals surface area contributed by atoms with E-state index in [9.17, 15) is 9.18 Å². The summed E-state index contributed by atoms with van der Waals surface area (Å²) in [6, 6.07) is 12.5. The van der Waals surface area contributed by atoms with Gasteiger partial charge in [-0.2, -0.15) is 0 Å². The number of rotatable bonds is 8. The number of methoxy groups -OCH3 is 1. The van der Waals surface area contributed by atoms with E-state index in [4.69, 9.17) is 9.47 Å². The van der Waals surface area contributed by atoms with Crippen LogP contribution >= 0.6 is 0 Å². The van der Waals surface area contributed by atoms with Gasteiger partial charge in [0.15, 0.2) is 0 Å². The van der Waals surface area contributed by atoms with Crippen molar-refractivity contribution in [1.82, 2.24) is 10.2 Å². The Morgan fingerprint density at radius 2 is 1.94 bits per heavy atom. The number of unbranched alkanes of at least 4 members (excludes halogenated alkanes) is 1. The summed E-state index contributed by atoms with van der Waals surface area (Å²) in [7, 11) is 1.62. The highest BCUT2D eigenvalue weighted by Crippen LogP contribution is 2.30. The third-order valence-electron chi connectivity index (χ3n) is 5.97. The van der Waals surface area contributed by atoms with Gasteiger partial charge in [0.05, 0.1) is 18.4 Å². The number of hydrogen-bond acceptors (Lipinski definition) is 5. The molecular formula is C25H30FN3O3. The molecule has 7 heteroatoms. The number of benzene rings is 2. The lowest BCUT2D eigenvalue weighted by atomic mass is 10.1. The van der Waals surface area contributed by atoms with Crippen LogP contribution in [0.4, 0.5) is 10.1 Å². The molecule has 0 spiro atoms. The van der Waals surface area contributed by atoms with Gasteiger partial charge in [-0.15, -0.1) is 0 Å². The van der Waals surface area contributed by atoms with Crippen molar-refractivity contribution >= 4 is 17.7 Å². The zero-order valence-corrected chi connectivity index (χ0v) is 18.5. The van der Waals surface area contributed by atoms with Crippen molar-refractivity contribution in [1.29, 1.82) is 0 Å². The molecule has 0 radical (unpaired) electrons. The average molecular weight is 440 g/mol. The Labute approximate surface area is 188 Å². The molecule has 2 aromatic carbocycles. The third-order valence-corrected chi connectivity index (χ3v) is 5.97. The summed E-state index contributed by atoms with van der Waals surface area (Å²) < 4.78 is 24.9. The van der Waals surface area contributed by atoms with Crippen LogP contribution in [0.15, 0.2) is 48.0 Å². The van der Waals surface area contributed by atoms with Crippen LogP contribution in [0, 0.1) is 5.82 Å². The van der Waals surface area contributed by atoms with E-state index in [2.05, 4.69) is 15.1 Å². The summed E-state index contributed by atoms with van der Waals surface area (Å²) in [5.41, 5.74) is 2.17. The van der Waals surface area contributed by atoms with Gasteiger partial charge in [-0.05, 0) is 55.8 Å². The molecule has 2 aromatic rings. The van der Waals surface area contributed by atoms with Crippen molar-refractivity contribution < 1.29 is 18.7 Å². The minimum Gasteiger partial charge on any atom is -0.497 e. The molecule has 0 atom stereocenters. The number of hydrogen-bond donors (Lipinski definition) is 1. The lowest BCUT2D eigenvalue weighted by Gasteiger charge is -2.36.